The first-order chi connectivity index (χ1) is 0. The van der Waals surface area contributed by atoms with Gasteiger partial charge in [-0.2, -0.15) is 0 Å². The molecular formula is H2FeKOZn. The molecule has 0 fully saturated rings. The van der Waals surface area contributed by atoms with Crippen LogP contribution in [0.1, 0.15) is 0 Å². The molecule has 0 aromatic carbocycles. The van der Waals surface area contributed by atoms with Gasteiger partial charge in [-0.25, -0.2) is 0 Å². The first-order valence-corrected chi connectivity index (χ1v) is 0. The van der Waals surface area contributed by atoms with Gasteiger partial charge in [0, 0.05) is 87.9 Å². The van der Waals surface area contributed by atoms with E-state index in [2.05, 4.69) is 0 Å². The average Bonchev–Trinajstić information content (AvgIpc) is 0. The molecule has 1 radical (unpaired) electrons. The molecule has 0 aliphatic heterocycles. The second-order valence-corrected chi connectivity index (χ2v) is 0. The van der Waals surface area contributed by atoms with Crippen LogP contribution in [0.25, 0.3) is 0 Å². The summed E-state index contributed by atoms with van der Waals surface area (Å²) in [5.74, 6) is 0. The van der Waals surface area contributed by atoms with E-state index in [1.165, 1.54) is 0 Å². The van der Waals surface area contributed by atoms with Crippen molar-refractivity contribution in [2.24, 2.45) is 0 Å². The zero-order valence-electron chi connectivity index (χ0n) is 2.56. The van der Waals surface area contributed by atoms with Crippen LogP contribution in [0, 0.1) is 0 Å². The molecular weight excluding hydrogens is 176 g/mol. The zero-order valence-corrected chi connectivity index (χ0v) is 9.76. The molecule has 0 spiro atoms. The Bertz CT molecular complexity index is 8.00. The van der Waals surface area contributed by atoms with Gasteiger partial charge in [0.25, 0.3) is 0 Å². The molecule has 0 bridgehead atoms. The summed E-state index contributed by atoms with van der Waals surface area (Å²) in [5, 5.41) is 0. The molecule has 2 N–H and O–H groups in total. The van der Waals surface area contributed by atoms with Crippen LogP contribution in [0.5, 0.6) is 0 Å². The molecule has 4 heavy (non-hydrogen) atoms. The first-order valence-electron chi connectivity index (χ1n) is 0. The van der Waals surface area contributed by atoms with Crippen molar-refractivity contribution in [1.29, 1.82) is 0 Å². The minimum atomic E-state index is 0. The van der Waals surface area contributed by atoms with Gasteiger partial charge in [-0.15, -0.1) is 0 Å². The minimum absolute atomic E-state index is 0. The molecule has 0 rings (SSSR count). The van der Waals surface area contributed by atoms with Crippen molar-refractivity contribution in [3.63, 3.8) is 0 Å². The van der Waals surface area contributed by atoms with Gasteiger partial charge in [-0.3, -0.25) is 0 Å². The Labute approximate surface area is 91.3 Å². The van der Waals surface area contributed by atoms with E-state index < -0.39 is 0 Å². The van der Waals surface area contributed by atoms with Crippen molar-refractivity contribution in [3.05, 3.63) is 0 Å². The summed E-state index contributed by atoms with van der Waals surface area (Å²) in [6.07, 6.45) is 0. The summed E-state index contributed by atoms with van der Waals surface area (Å²) in [5.41, 5.74) is 0. The van der Waals surface area contributed by atoms with Crippen LogP contribution in [0.4, 0.5) is 0 Å². The standard InChI is InChI=1S/Fe.K.H2O.Zn/h;;1H2;. The SMILES string of the molecule is O.[Fe].[K].[Zn]. The first kappa shape index (κ1) is 29.6. The maximum absolute atomic E-state index is 0. The molecule has 0 aromatic rings. The van der Waals surface area contributed by atoms with Crippen molar-refractivity contribution in [2.75, 3.05) is 0 Å². The minimum Gasteiger partial charge on any atom is -0.412 e. The van der Waals surface area contributed by atoms with Gasteiger partial charge in [0.2, 0.25) is 0 Å². The summed E-state index contributed by atoms with van der Waals surface area (Å²) in [6.45, 7) is 0. The van der Waals surface area contributed by atoms with Crippen LogP contribution in [0.2, 0.25) is 0 Å². The number of hydrogen-bond acceptors (Lipinski definition) is 0. The van der Waals surface area contributed by atoms with Crippen molar-refractivity contribution < 1.29 is 42.0 Å². The second kappa shape index (κ2) is 17.2. The van der Waals surface area contributed by atoms with Gasteiger partial charge in [0.1, 0.15) is 0 Å². The van der Waals surface area contributed by atoms with E-state index in [9.17, 15) is 0 Å². The molecule has 0 saturated heterocycles. The van der Waals surface area contributed by atoms with E-state index in [0.717, 1.165) is 0 Å². The molecule has 0 aliphatic carbocycles. The quantitative estimate of drug-likeness (QED) is 0.417. The summed E-state index contributed by atoms with van der Waals surface area (Å²) in [4.78, 5) is 0. The fourth-order valence-corrected chi connectivity index (χ4v) is 0. The Balaban J connectivity index is 0. The molecule has 4 heteroatoms. The van der Waals surface area contributed by atoms with Gasteiger partial charge in [-0.05, 0) is 0 Å². The Hall–Kier alpha value is 2.74. The summed E-state index contributed by atoms with van der Waals surface area (Å²) in [6, 6.07) is 0. The number of hydrogen-bond donors (Lipinski definition) is 0. The van der Waals surface area contributed by atoms with E-state index >= 15 is 0 Å². The molecule has 1 nitrogen and oxygen atoms in total. The zero-order chi connectivity index (χ0) is 0. The van der Waals surface area contributed by atoms with Gasteiger partial charge in [-0.1, -0.05) is 0 Å². The Morgan fingerprint density at radius 2 is 1.00 bits per heavy atom. The van der Waals surface area contributed by atoms with E-state index in [4.69, 9.17) is 0 Å². The maximum Gasteiger partial charge on any atom is 0 e. The normalized spacial score (nSPS) is 0. The largest absolute Gasteiger partial charge is 0.412 e. The molecule has 0 saturated carbocycles. The van der Waals surface area contributed by atoms with E-state index in [0.29, 0.717) is 0 Å². The van der Waals surface area contributed by atoms with Crippen molar-refractivity contribution in [2.45, 2.75) is 0 Å². The van der Waals surface area contributed by atoms with E-state index in [1.807, 2.05) is 0 Å². The monoisotopic (exact) mass is 177 g/mol. The van der Waals surface area contributed by atoms with Gasteiger partial charge < -0.3 is 5.48 Å². The van der Waals surface area contributed by atoms with Crippen LogP contribution < -0.4 is 0 Å². The van der Waals surface area contributed by atoms with Gasteiger partial charge in [0.05, 0.1) is 0 Å². The van der Waals surface area contributed by atoms with Crippen molar-refractivity contribution in [3.8, 4) is 0 Å². The third kappa shape index (κ3) is 8.83. The molecule has 19 valence electrons. The third-order valence-corrected chi connectivity index (χ3v) is 0. The maximum atomic E-state index is 0. The van der Waals surface area contributed by atoms with Crippen LogP contribution >= 0.6 is 0 Å². The molecule has 0 aromatic heterocycles. The fraction of sp³-hybridized carbons (Fsp3) is 0. The second-order valence-electron chi connectivity index (χ2n) is 0. The van der Waals surface area contributed by atoms with E-state index in [1.54, 1.807) is 0 Å². The molecule has 0 heterocycles. The van der Waals surface area contributed by atoms with Crippen LogP contribution in [0.3, 0.4) is 0 Å². The third-order valence-electron chi connectivity index (χ3n) is 0. The van der Waals surface area contributed by atoms with Crippen molar-refractivity contribution in [1.82, 2.24) is 0 Å². The fourth-order valence-electron chi connectivity index (χ4n) is 0. The van der Waals surface area contributed by atoms with E-state index in [-0.39, 0.29) is 93.4 Å². The van der Waals surface area contributed by atoms with Crippen LogP contribution in [0.15, 0.2) is 0 Å². The molecule has 0 amide bonds. The predicted octanol–water partition coefficient (Wildman–Crippen LogP) is -1.21. The molecule has 0 atom stereocenters. The van der Waals surface area contributed by atoms with Crippen LogP contribution in [-0.4, -0.2) is 56.9 Å². The Kier molecular flexibility index (Phi) is 127. The smallest absolute Gasteiger partial charge is 0 e. The Morgan fingerprint density at radius 3 is 1.00 bits per heavy atom. The Morgan fingerprint density at radius 1 is 1.00 bits per heavy atom. The summed E-state index contributed by atoms with van der Waals surface area (Å²) in [7, 11) is 0. The summed E-state index contributed by atoms with van der Waals surface area (Å²) < 4.78 is 0. The van der Waals surface area contributed by atoms with Crippen molar-refractivity contribution >= 4 is 51.4 Å². The van der Waals surface area contributed by atoms with Crippen LogP contribution in [-0.2, 0) is 36.5 Å². The van der Waals surface area contributed by atoms with Gasteiger partial charge >= 0.3 is 0 Å². The number of rotatable bonds is 0. The predicted molar refractivity (Wildman–Crippen MR) is 9.37 cm³/mol. The molecule has 0 aliphatic rings. The topological polar surface area (TPSA) is 31.5 Å². The average molecular weight is 178 g/mol. The van der Waals surface area contributed by atoms with Gasteiger partial charge in [0.15, 0.2) is 0 Å². The summed E-state index contributed by atoms with van der Waals surface area (Å²) >= 11 is 0. The molecule has 0 unspecified atom stereocenters.